The molecule has 0 aliphatic rings. The molecule has 46 heavy (non-hydrogen) atoms. The molecule has 9 rings (SSSR count). The van der Waals surface area contributed by atoms with Gasteiger partial charge in [0.1, 0.15) is 0 Å². The fourth-order valence-corrected chi connectivity index (χ4v) is 7.37. The summed E-state index contributed by atoms with van der Waals surface area (Å²) in [7, 11) is 0. The zero-order valence-corrected chi connectivity index (χ0v) is 25.9. The molecule has 7 aromatic carbocycles. The van der Waals surface area contributed by atoms with Gasteiger partial charge < -0.3 is 9.13 Å². The second-order valence-electron chi connectivity index (χ2n) is 12.4. The van der Waals surface area contributed by atoms with Gasteiger partial charge in [0.2, 0.25) is 0 Å². The van der Waals surface area contributed by atoms with E-state index in [2.05, 4.69) is 181 Å². The summed E-state index contributed by atoms with van der Waals surface area (Å²) >= 11 is 0. The predicted octanol–water partition coefficient (Wildman–Crippen LogP) is 11.8. The van der Waals surface area contributed by atoms with Gasteiger partial charge in [-0.2, -0.15) is 0 Å². The third-order valence-corrected chi connectivity index (χ3v) is 9.49. The molecule has 2 heteroatoms. The van der Waals surface area contributed by atoms with Gasteiger partial charge in [0.15, 0.2) is 0 Å². The van der Waals surface area contributed by atoms with Crippen LogP contribution in [0.5, 0.6) is 0 Å². The molecule has 0 bridgehead atoms. The Kier molecular flexibility index (Phi) is 5.97. The summed E-state index contributed by atoms with van der Waals surface area (Å²) in [5.74, 6) is 0. The lowest BCUT2D eigenvalue weighted by Crippen LogP contribution is -1.93. The molecule has 2 nitrogen and oxygen atoms in total. The van der Waals surface area contributed by atoms with Crippen molar-refractivity contribution in [2.24, 2.45) is 0 Å². The van der Waals surface area contributed by atoms with E-state index in [4.69, 9.17) is 0 Å². The molecule has 0 radical (unpaired) electrons. The van der Waals surface area contributed by atoms with Crippen molar-refractivity contribution in [1.82, 2.24) is 9.13 Å². The first-order chi connectivity index (χ1) is 22.6. The summed E-state index contributed by atoms with van der Waals surface area (Å²) in [6, 6.07) is 57.7. The number of aromatic nitrogens is 2. The minimum atomic E-state index is 1.17. The SMILES string of the molecule is Cc1ccc(-c2ccc3c(c2)c2cc(-c4ccc5c(c4)c4ccccc4n5-c4ccccc4)ccc2n3-c2ccccc2)c(C)c1. The van der Waals surface area contributed by atoms with Crippen molar-refractivity contribution in [3.63, 3.8) is 0 Å². The van der Waals surface area contributed by atoms with Crippen molar-refractivity contribution in [3.05, 3.63) is 169 Å². The lowest BCUT2D eigenvalue weighted by atomic mass is 9.96. The van der Waals surface area contributed by atoms with Gasteiger partial charge >= 0.3 is 0 Å². The highest BCUT2D eigenvalue weighted by Gasteiger charge is 2.17. The second-order valence-corrected chi connectivity index (χ2v) is 12.4. The molecule has 0 saturated carbocycles. The third-order valence-electron chi connectivity index (χ3n) is 9.49. The van der Waals surface area contributed by atoms with Crippen LogP contribution in [0.4, 0.5) is 0 Å². The van der Waals surface area contributed by atoms with E-state index in [-0.39, 0.29) is 0 Å². The van der Waals surface area contributed by atoms with E-state index < -0.39 is 0 Å². The molecule has 0 atom stereocenters. The van der Waals surface area contributed by atoms with Gasteiger partial charge in [-0.3, -0.25) is 0 Å². The molecular formula is C44H32N2. The fraction of sp³-hybridized carbons (Fsp3) is 0.0455. The van der Waals surface area contributed by atoms with Crippen LogP contribution in [0.25, 0.3) is 77.2 Å². The molecule has 218 valence electrons. The number of rotatable bonds is 4. The summed E-state index contributed by atoms with van der Waals surface area (Å²) in [5.41, 5.74) is 14.8. The molecule has 0 aliphatic carbocycles. The molecule has 0 saturated heterocycles. The van der Waals surface area contributed by atoms with Crippen LogP contribution in [0.2, 0.25) is 0 Å². The third kappa shape index (κ3) is 4.11. The first-order valence-corrected chi connectivity index (χ1v) is 15.9. The van der Waals surface area contributed by atoms with Gasteiger partial charge in [-0.05, 0) is 108 Å². The predicted molar refractivity (Wildman–Crippen MR) is 195 cm³/mol. The Balaban J connectivity index is 1.28. The summed E-state index contributed by atoms with van der Waals surface area (Å²) in [4.78, 5) is 0. The van der Waals surface area contributed by atoms with Crippen molar-refractivity contribution >= 4 is 43.6 Å². The van der Waals surface area contributed by atoms with E-state index in [1.165, 1.54) is 88.4 Å². The van der Waals surface area contributed by atoms with Crippen LogP contribution in [-0.2, 0) is 0 Å². The maximum Gasteiger partial charge on any atom is 0.0541 e. The van der Waals surface area contributed by atoms with E-state index >= 15 is 0 Å². The van der Waals surface area contributed by atoms with E-state index in [0.29, 0.717) is 0 Å². The zero-order chi connectivity index (χ0) is 30.8. The topological polar surface area (TPSA) is 9.86 Å². The largest absolute Gasteiger partial charge is 0.309 e. The Morgan fingerprint density at radius 2 is 0.804 bits per heavy atom. The van der Waals surface area contributed by atoms with Gasteiger partial charge in [-0.15, -0.1) is 0 Å². The Bertz CT molecular complexity index is 2580. The second kappa shape index (κ2) is 10.4. The summed E-state index contributed by atoms with van der Waals surface area (Å²) in [6.07, 6.45) is 0. The van der Waals surface area contributed by atoms with Gasteiger partial charge in [0.05, 0.1) is 22.1 Å². The van der Waals surface area contributed by atoms with Gasteiger partial charge in [0, 0.05) is 32.9 Å². The maximum atomic E-state index is 2.40. The molecule has 2 aromatic heterocycles. The molecule has 0 N–H and O–H groups in total. The van der Waals surface area contributed by atoms with Crippen LogP contribution < -0.4 is 0 Å². The summed E-state index contributed by atoms with van der Waals surface area (Å²) in [6.45, 7) is 4.37. The Morgan fingerprint density at radius 1 is 0.348 bits per heavy atom. The minimum Gasteiger partial charge on any atom is -0.309 e. The Labute approximate surface area is 268 Å². The Morgan fingerprint density at radius 3 is 1.37 bits per heavy atom. The number of hydrogen-bond donors (Lipinski definition) is 0. The van der Waals surface area contributed by atoms with Gasteiger partial charge in [-0.1, -0.05) is 96.6 Å². The lowest BCUT2D eigenvalue weighted by Gasteiger charge is -2.10. The first-order valence-electron chi connectivity index (χ1n) is 15.9. The number of nitrogens with zero attached hydrogens (tertiary/aromatic N) is 2. The van der Waals surface area contributed by atoms with Crippen LogP contribution in [0.1, 0.15) is 11.1 Å². The van der Waals surface area contributed by atoms with Crippen LogP contribution in [-0.4, -0.2) is 9.13 Å². The average molecular weight is 589 g/mol. The maximum absolute atomic E-state index is 2.40. The number of para-hydroxylation sites is 3. The molecular weight excluding hydrogens is 556 g/mol. The van der Waals surface area contributed by atoms with Crippen molar-refractivity contribution < 1.29 is 0 Å². The minimum absolute atomic E-state index is 1.17. The number of hydrogen-bond acceptors (Lipinski definition) is 0. The van der Waals surface area contributed by atoms with Crippen LogP contribution in [0, 0.1) is 13.8 Å². The van der Waals surface area contributed by atoms with E-state index in [0.717, 1.165) is 0 Å². The monoisotopic (exact) mass is 588 g/mol. The average Bonchev–Trinajstić information content (AvgIpc) is 3.61. The first kappa shape index (κ1) is 26.5. The van der Waals surface area contributed by atoms with Gasteiger partial charge in [-0.25, -0.2) is 0 Å². The molecule has 9 aromatic rings. The standard InChI is InChI=1S/C44H32N2/c1-29-17-21-36(30(2)25-29)33-20-24-44-40(28-33)39-27-32(19-23-43(39)46(44)35-13-7-4-8-14-35)31-18-22-42-38(26-31)37-15-9-10-16-41(37)45(42)34-11-5-3-6-12-34/h3-28H,1-2H3. The molecule has 0 unspecified atom stereocenters. The number of aryl methyl sites for hydroxylation is 2. The van der Waals surface area contributed by atoms with E-state index in [1.807, 2.05) is 0 Å². The molecule has 0 aliphatic heterocycles. The van der Waals surface area contributed by atoms with E-state index in [9.17, 15) is 0 Å². The molecule has 0 amide bonds. The van der Waals surface area contributed by atoms with Crippen molar-refractivity contribution in [3.8, 4) is 33.6 Å². The van der Waals surface area contributed by atoms with Gasteiger partial charge in [0.25, 0.3) is 0 Å². The van der Waals surface area contributed by atoms with Crippen molar-refractivity contribution in [2.75, 3.05) is 0 Å². The molecule has 0 fully saturated rings. The van der Waals surface area contributed by atoms with Crippen LogP contribution in [0.3, 0.4) is 0 Å². The lowest BCUT2D eigenvalue weighted by molar-refractivity contribution is 1.18. The van der Waals surface area contributed by atoms with Crippen LogP contribution >= 0.6 is 0 Å². The highest BCUT2D eigenvalue weighted by atomic mass is 15.0. The number of fused-ring (bicyclic) bond motifs is 6. The zero-order valence-electron chi connectivity index (χ0n) is 25.9. The van der Waals surface area contributed by atoms with Crippen molar-refractivity contribution in [2.45, 2.75) is 13.8 Å². The highest BCUT2D eigenvalue weighted by Crippen LogP contribution is 2.39. The van der Waals surface area contributed by atoms with Crippen LogP contribution in [0.15, 0.2) is 158 Å². The van der Waals surface area contributed by atoms with E-state index in [1.54, 1.807) is 0 Å². The highest BCUT2D eigenvalue weighted by molar-refractivity contribution is 6.13. The smallest absolute Gasteiger partial charge is 0.0541 e. The normalized spacial score (nSPS) is 11.7. The molecule has 2 heterocycles. The summed E-state index contributed by atoms with van der Waals surface area (Å²) in [5, 5.41) is 5.05. The summed E-state index contributed by atoms with van der Waals surface area (Å²) < 4.78 is 4.77. The van der Waals surface area contributed by atoms with Crippen molar-refractivity contribution in [1.29, 1.82) is 0 Å². The number of benzene rings is 7. The quantitative estimate of drug-likeness (QED) is 0.194. The fourth-order valence-electron chi connectivity index (χ4n) is 7.37. The molecule has 0 spiro atoms. The Hall–Kier alpha value is -5.86.